The number of nitrogens with one attached hydrogen (secondary N) is 3. The summed E-state index contributed by atoms with van der Waals surface area (Å²) in [5.41, 5.74) is 1.94. The van der Waals surface area contributed by atoms with Gasteiger partial charge in [-0.05, 0) is 61.5 Å². The number of rotatable bonds is 7. The number of piperidine rings is 1. The van der Waals surface area contributed by atoms with Crippen molar-refractivity contribution in [2.75, 3.05) is 18.4 Å². The van der Waals surface area contributed by atoms with Gasteiger partial charge in [-0.1, -0.05) is 25.1 Å². The van der Waals surface area contributed by atoms with E-state index in [0.29, 0.717) is 36.1 Å². The average molecular weight is 380 g/mol. The molecular weight excluding hydrogens is 352 g/mol. The molecule has 6 nitrogen and oxygen atoms in total. The Morgan fingerprint density at radius 1 is 1.18 bits per heavy atom. The van der Waals surface area contributed by atoms with Crippen LogP contribution < -0.4 is 16.0 Å². The second-order valence-electron chi connectivity index (χ2n) is 7.41. The molecule has 148 valence electrons. The Labute approximate surface area is 166 Å². The molecular formula is C22H28N4O2. The van der Waals surface area contributed by atoms with Gasteiger partial charge in [0.2, 0.25) is 5.91 Å². The van der Waals surface area contributed by atoms with Crippen molar-refractivity contribution < 1.29 is 9.59 Å². The van der Waals surface area contributed by atoms with Crippen molar-refractivity contribution in [3.8, 4) is 0 Å². The monoisotopic (exact) mass is 380 g/mol. The van der Waals surface area contributed by atoms with Crippen LogP contribution in [0.25, 0.3) is 0 Å². The molecule has 0 spiro atoms. The maximum Gasteiger partial charge on any atom is 0.253 e. The maximum atomic E-state index is 12.6. The van der Waals surface area contributed by atoms with Crippen molar-refractivity contribution in [2.24, 2.45) is 11.8 Å². The molecule has 3 N–H and O–H groups in total. The lowest BCUT2D eigenvalue weighted by Crippen LogP contribution is -2.32. The predicted molar refractivity (Wildman–Crippen MR) is 110 cm³/mol. The Morgan fingerprint density at radius 2 is 1.96 bits per heavy atom. The van der Waals surface area contributed by atoms with Gasteiger partial charge >= 0.3 is 0 Å². The zero-order valence-electron chi connectivity index (χ0n) is 16.3. The van der Waals surface area contributed by atoms with Crippen LogP contribution in [-0.4, -0.2) is 29.9 Å². The zero-order valence-corrected chi connectivity index (χ0v) is 16.3. The van der Waals surface area contributed by atoms with Crippen LogP contribution in [0.5, 0.6) is 0 Å². The lowest BCUT2D eigenvalue weighted by molar-refractivity contribution is -0.117. The number of amides is 2. The maximum absolute atomic E-state index is 12.6. The van der Waals surface area contributed by atoms with Crippen LogP contribution in [0, 0.1) is 11.8 Å². The van der Waals surface area contributed by atoms with E-state index < -0.39 is 0 Å². The molecule has 2 amide bonds. The SMILES string of the molecule is CC(CC(=O)Nc1ccccc1C(=O)NCc1cccnc1)C1CCNCC1. The van der Waals surface area contributed by atoms with Crippen molar-refractivity contribution in [3.05, 3.63) is 59.9 Å². The summed E-state index contributed by atoms with van der Waals surface area (Å²) in [4.78, 5) is 29.2. The molecule has 1 aliphatic rings. The standard InChI is InChI=1S/C22H28N4O2/c1-16(18-8-11-23-12-9-18)13-21(27)26-20-7-3-2-6-19(20)22(28)25-15-17-5-4-10-24-14-17/h2-7,10,14,16,18,23H,8-9,11-13,15H2,1H3,(H,25,28)(H,26,27). The van der Waals surface area contributed by atoms with Crippen molar-refractivity contribution in [3.63, 3.8) is 0 Å². The van der Waals surface area contributed by atoms with E-state index in [9.17, 15) is 9.59 Å². The van der Waals surface area contributed by atoms with Crippen molar-refractivity contribution in [1.82, 2.24) is 15.6 Å². The molecule has 1 unspecified atom stereocenters. The molecule has 6 heteroatoms. The molecule has 2 aromatic rings. The fraction of sp³-hybridized carbons (Fsp3) is 0.409. The highest BCUT2D eigenvalue weighted by molar-refractivity contribution is 6.03. The summed E-state index contributed by atoms with van der Waals surface area (Å²) in [6.07, 6.45) is 6.11. The molecule has 0 radical (unpaired) electrons. The minimum Gasteiger partial charge on any atom is -0.348 e. The van der Waals surface area contributed by atoms with Gasteiger partial charge in [0.1, 0.15) is 0 Å². The van der Waals surface area contributed by atoms with Crippen LogP contribution in [0.3, 0.4) is 0 Å². The summed E-state index contributed by atoms with van der Waals surface area (Å²) in [7, 11) is 0. The summed E-state index contributed by atoms with van der Waals surface area (Å²) in [5.74, 6) is 0.642. The van der Waals surface area contributed by atoms with E-state index in [-0.39, 0.29) is 11.8 Å². The first-order chi connectivity index (χ1) is 13.6. The highest BCUT2D eigenvalue weighted by Crippen LogP contribution is 2.25. The van der Waals surface area contributed by atoms with Crippen LogP contribution in [0.2, 0.25) is 0 Å². The molecule has 0 saturated carbocycles. The fourth-order valence-electron chi connectivity index (χ4n) is 3.64. The molecule has 2 heterocycles. The molecule has 1 atom stereocenters. The zero-order chi connectivity index (χ0) is 19.8. The topological polar surface area (TPSA) is 83.1 Å². The van der Waals surface area contributed by atoms with Gasteiger partial charge in [0.05, 0.1) is 11.3 Å². The summed E-state index contributed by atoms with van der Waals surface area (Å²) in [5, 5.41) is 9.17. The highest BCUT2D eigenvalue weighted by Gasteiger charge is 2.22. The van der Waals surface area contributed by atoms with Gasteiger partial charge in [-0.15, -0.1) is 0 Å². The molecule has 0 bridgehead atoms. The summed E-state index contributed by atoms with van der Waals surface area (Å²) in [6.45, 7) is 4.58. The largest absolute Gasteiger partial charge is 0.348 e. The summed E-state index contributed by atoms with van der Waals surface area (Å²) in [6, 6.07) is 10.9. The fourth-order valence-corrected chi connectivity index (χ4v) is 3.64. The third-order valence-electron chi connectivity index (χ3n) is 5.32. The van der Waals surface area contributed by atoms with E-state index in [4.69, 9.17) is 0 Å². The Kier molecular flexibility index (Phi) is 7.14. The van der Waals surface area contributed by atoms with Gasteiger partial charge in [-0.2, -0.15) is 0 Å². The predicted octanol–water partition coefficient (Wildman–Crippen LogP) is 2.98. The quantitative estimate of drug-likeness (QED) is 0.690. The summed E-state index contributed by atoms with van der Waals surface area (Å²) >= 11 is 0. The van der Waals surface area contributed by atoms with Gasteiger partial charge in [-0.25, -0.2) is 0 Å². The minimum absolute atomic E-state index is 0.0430. The number of nitrogens with zero attached hydrogens (tertiary/aromatic N) is 1. The van der Waals surface area contributed by atoms with E-state index in [0.717, 1.165) is 31.5 Å². The first-order valence-corrected chi connectivity index (χ1v) is 9.90. The van der Waals surface area contributed by atoms with Crippen LogP contribution in [-0.2, 0) is 11.3 Å². The third-order valence-corrected chi connectivity index (χ3v) is 5.32. The van der Waals surface area contributed by atoms with Gasteiger partial charge in [0.15, 0.2) is 0 Å². The number of carbonyl (C=O) groups is 2. The van der Waals surface area contributed by atoms with Gasteiger partial charge in [0.25, 0.3) is 5.91 Å². The lowest BCUT2D eigenvalue weighted by atomic mass is 9.84. The number of aromatic nitrogens is 1. The van der Waals surface area contributed by atoms with E-state index in [1.807, 2.05) is 18.2 Å². The Balaban J connectivity index is 1.58. The van der Waals surface area contributed by atoms with Crippen molar-refractivity contribution in [1.29, 1.82) is 0 Å². The van der Waals surface area contributed by atoms with E-state index in [2.05, 4.69) is 27.9 Å². The highest BCUT2D eigenvalue weighted by atomic mass is 16.2. The average Bonchev–Trinajstić information content (AvgIpc) is 2.73. The van der Waals surface area contributed by atoms with Crippen LogP contribution in [0.15, 0.2) is 48.8 Å². The smallest absolute Gasteiger partial charge is 0.253 e. The normalized spacial score (nSPS) is 15.6. The number of benzene rings is 1. The Bertz CT molecular complexity index is 788. The molecule has 1 aromatic carbocycles. The first-order valence-electron chi connectivity index (χ1n) is 9.90. The molecule has 1 aromatic heterocycles. The van der Waals surface area contributed by atoms with Crippen LogP contribution in [0.4, 0.5) is 5.69 Å². The van der Waals surface area contributed by atoms with Gasteiger partial charge < -0.3 is 16.0 Å². The van der Waals surface area contributed by atoms with E-state index in [1.165, 1.54) is 0 Å². The van der Waals surface area contributed by atoms with Crippen LogP contribution >= 0.6 is 0 Å². The van der Waals surface area contributed by atoms with Crippen LogP contribution in [0.1, 0.15) is 42.1 Å². The Morgan fingerprint density at radius 3 is 2.71 bits per heavy atom. The number of carbonyl (C=O) groups excluding carboxylic acids is 2. The summed E-state index contributed by atoms with van der Waals surface area (Å²) < 4.78 is 0. The molecule has 28 heavy (non-hydrogen) atoms. The molecule has 0 aliphatic carbocycles. The van der Waals surface area contributed by atoms with Gasteiger partial charge in [-0.3, -0.25) is 14.6 Å². The second kappa shape index (κ2) is 9.99. The number of hydrogen-bond acceptors (Lipinski definition) is 4. The lowest BCUT2D eigenvalue weighted by Gasteiger charge is -2.28. The molecule has 1 fully saturated rings. The molecule has 3 rings (SSSR count). The molecule has 1 aliphatic heterocycles. The van der Waals surface area contributed by atoms with E-state index >= 15 is 0 Å². The van der Waals surface area contributed by atoms with Crippen molar-refractivity contribution in [2.45, 2.75) is 32.7 Å². The second-order valence-corrected chi connectivity index (χ2v) is 7.41. The van der Waals surface area contributed by atoms with E-state index in [1.54, 1.807) is 30.6 Å². The number of para-hydroxylation sites is 1. The number of hydrogen-bond donors (Lipinski definition) is 3. The third kappa shape index (κ3) is 5.63. The Hall–Kier alpha value is -2.73. The minimum atomic E-state index is -0.217. The first kappa shape index (κ1) is 20.0. The number of pyridine rings is 1. The molecule has 1 saturated heterocycles. The van der Waals surface area contributed by atoms with Crippen molar-refractivity contribution >= 4 is 17.5 Å². The van der Waals surface area contributed by atoms with Gasteiger partial charge in [0, 0.05) is 25.4 Å². The number of anilines is 1.